The van der Waals surface area contributed by atoms with Crippen LogP contribution in [0, 0.1) is 11.3 Å². The van der Waals surface area contributed by atoms with Crippen molar-refractivity contribution in [2.45, 2.75) is 366 Å². The smallest absolute Gasteiger partial charge is 0.309 e. The third-order valence-corrected chi connectivity index (χ3v) is 16.5. The Bertz CT molecular complexity index is 1150. The topological polar surface area (TPSA) is 93.1 Å². The fraction of sp³-hybridized carbons (Fsp3) is 0.940. The molecule has 1 aliphatic heterocycles. The molecule has 1 fully saturated rings. The maximum absolute atomic E-state index is 12.5. The van der Waals surface area contributed by atoms with E-state index in [-0.39, 0.29) is 19.6 Å². The number of aliphatic hydroxyl groups is 2. The average molecular weight is 1030 g/mol. The quantitative estimate of drug-likeness (QED) is 0.0358. The molecule has 0 aromatic rings. The van der Waals surface area contributed by atoms with Gasteiger partial charge in [0.15, 0.2) is 0 Å². The molecule has 0 amide bonds. The van der Waals surface area contributed by atoms with Crippen LogP contribution in [0.2, 0.25) is 0 Å². The first-order valence-corrected chi connectivity index (χ1v) is 33.3. The first kappa shape index (κ1) is 69.6. The van der Waals surface area contributed by atoms with Gasteiger partial charge in [0.2, 0.25) is 0 Å². The number of allylic oxidation sites excluding steroid dienone is 2. The van der Waals surface area contributed by atoms with Gasteiger partial charge in [0, 0.05) is 0 Å². The van der Waals surface area contributed by atoms with Gasteiger partial charge in [-0.15, -0.1) is 0 Å². The Morgan fingerprint density at radius 2 is 0.589 bits per heavy atom. The van der Waals surface area contributed by atoms with Crippen LogP contribution in [-0.2, 0) is 19.1 Å². The number of hydrogen-bond donors (Lipinski definition) is 2. The third-order valence-electron chi connectivity index (χ3n) is 16.5. The number of hydrogen-bond acceptors (Lipinski definition) is 6. The minimum absolute atomic E-state index is 0.00202. The Morgan fingerprint density at radius 3 is 0.849 bits per heavy atom. The van der Waals surface area contributed by atoms with E-state index in [2.05, 4.69) is 19.1 Å². The Balaban J connectivity index is 1.68. The molecule has 1 unspecified atom stereocenters. The molecule has 2 N–H and O–H groups in total. The number of aliphatic hydroxyl groups excluding tert-OH is 2. The van der Waals surface area contributed by atoms with E-state index in [1.807, 2.05) is 0 Å². The van der Waals surface area contributed by atoms with E-state index in [0.717, 1.165) is 19.3 Å². The van der Waals surface area contributed by atoms with Crippen molar-refractivity contribution in [1.29, 1.82) is 0 Å². The van der Waals surface area contributed by atoms with Crippen LogP contribution in [0.25, 0.3) is 0 Å². The molecule has 6 nitrogen and oxygen atoms in total. The highest BCUT2D eigenvalue weighted by Crippen LogP contribution is 2.25. The summed E-state index contributed by atoms with van der Waals surface area (Å²) in [4.78, 5) is 24.7. The van der Waals surface area contributed by atoms with E-state index in [1.54, 1.807) is 0 Å². The highest BCUT2D eigenvalue weighted by atomic mass is 16.6. The zero-order chi connectivity index (χ0) is 52.5. The van der Waals surface area contributed by atoms with Crippen LogP contribution in [0.4, 0.5) is 0 Å². The number of unbranched alkanes of at least 4 members (excludes halogenated alkanes) is 52. The van der Waals surface area contributed by atoms with Crippen LogP contribution in [0.15, 0.2) is 12.2 Å². The Kier molecular flexibility index (Phi) is 54.2. The van der Waals surface area contributed by atoms with Crippen molar-refractivity contribution in [1.82, 2.24) is 0 Å². The zero-order valence-electron chi connectivity index (χ0n) is 49.2. The first-order valence-electron chi connectivity index (χ1n) is 33.3. The summed E-state index contributed by atoms with van der Waals surface area (Å²) >= 11 is 0. The van der Waals surface area contributed by atoms with Gasteiger partial charge in [0.05, 0.1) is 31.0 Å². The predicted molar refractivity (Wildman–Crippen MR) is 315 cm³/mol. The van der Waals surface area contributed by atoms with Crippen LogP contribution < -0.4 is 0 Å². The van der Waals surface area contributed by atoms with E-state index in [4.69, 9.17) is 9.47 Å². The molecule has 1 saturated heterocycles. The molecule has 1 aliphatic rings. The van der Waals surface area contributed by atoms with Crippen molar-refractivity contribution in [3.63, 3.8) is 0 Å². The molecule has 0 aliphatic carbocycles. The Morgan fingerprint density at radius 1 is 0.356 bits per heavy atom. The SMILES string of the molecule is CCCCCCCCCCCCCCCCCCCCCCCCCCCCCCCCCCCCCCCCCCCCCCCC/C=C/CCCCCCCCC1CC(=O)OCC(CO)(CO)COC1=O. The van der Waals surface area contributed by atoms with Crippen LogP contribution in [0.5, 0.6) is 0 Å². The van der Waals surface area contributed by atoms with E-state index in [9.17, 15) is 19.8 Å². The summed E-state index contributed by atoms with van der Waals surface area (Å²) in [5.41, 5.74) is -1.13. The number of ether oxygens (including phenoxy) is 2. The molecule has 0 spiro atoms. The maximum Gasteiger partial charge on any atom is 0.309 e. The fourth-order valence-electron chi connectivity index (χ4n) is 11.1. The fourth-order valence-corrected chi connectivity index (χ4v) is 11.1. The Labute approximate surface area is 455 Å². The van der Waals surface area contributed by atoms with Crippen molar-refractivity contribution in [3.05, 3.63) is 12.2 Å². The molecule has 1 atom stereocenters. The number of carbonyl (C=O) groups excluding carboxylic acids is 2. The highest BCUT2D eigenvalue weighted by Gasteiger charge is 2.36. The standard InChI is InChI=1S/C67H128O6/c1-2-3-4-5-6-7-8-9-10-11-12-13-14-15-16-17-18-19-20-21-22-23-24-25-26-27-28-29-30-31-32-33-34-35-36-37-38-39-40-41-42-43-44-45-46-47-48-49-50-51-52-53-54-55-56-57-58-64-59-65(70)72-62-67(60-68,61-69)63-73-66(64)71/h49-50,64,68-69H,2-48,51-63H2,1H3/b50-49+. The summed E-state index contributed by atoms with van der Waals surface area (Å²) in [6.45, 7) is 1.20. The number of carbonyl (C=O) groups is 2. The van der Waals surface area contributed by atoms with Crippen LogP contribution in [-0.4, -0.2) is 48.6 Å². The highest BCUT2D eigenvalue weighted by molar-refractivity contribution is 5.80. The molecular formula is C67H128O6. The van der Waals surface area contributed by atoms with Crippen molar-refractivity contribution in [2.75, 3.05) is 26.4 Å². The van der Waals surface area contributed by atoms with Gasteiger partial charge in [-0.3, -0.25) is 9.59 Å². The molecule has 1 rings (SSSR count). The van der Waals surface area contributed by atoms with Gasteiger partial charge in [-0.1, -0.05) is 340 Å². The molecule has 0 saturated carbocycles. The molecule has 0 aromatic heterocycles. The molecular weight excluding hydrogens is 901 g/mol. The van der Waals surface area contributed by atoms with Crippen molar-refractivity contribution >= 4 is 11.9 Å². The van der Waals surface area contributed by atoms with E-state index >= 15 is 0 Å². The van der Waals surface area contributed by atoms with Crippen molar-refractivity contribution < 1.29 is 29.3 Å². The summed E-state index contributed by atoms with van der Waals surface area (Å²) in [6.07, 6.45) is 81.7. The first-order chi connectivity index (χ1) is 36.1. The zero-order valence-corrected chi connectivity index (χ0v) is 49.2. The van der Waals surface area contributed by atoms with E-state index in [0.29, 0.717) is 6.42 Å². The van der Waals surface area contributed by atoms with Gasteiger partial charge in [0.1, 0.15) is 13.2 Å². The molecule has 73 heavy (non-hydrogen) atoms. The van der Waals surface area contributed by atoms with E-state index in [1.165, 1.54) is 327 Å². The average Bonchev–Trinajstić information content (AvgIpc) is 3.46. The van der Waals surface area contributed by atoms with Gasteiger partial charge < -0.3 is 19.7 Å². The molecule has 0 radical (unpaired) electrons. The van der Waals surface area contributed by atoms with Crippen LogP contribution >= 0.6 is 0 Å². The minimum atomic E-state index is -1.13. The lowest BCUT2D eigenvalue weighted by Crippen LogP contribution is -2.40. The largest absolute Gasteiger partial charge is 0.465 e. The normalized spacial score (nSPS) is 15.2. The van der Waals surface area contributed by atoms with Crippen molar-refractivity contribution in [2.24, 2.45) is 11.3 Å². The third kappa shape index (κ3) is 48.7. The number of esters is 2. The second-order valence-corrected chi connectivity index (χ2v) is 23.9. The minimum Gasteiger partial charge on any atom is -0.465 e. The summed E-state index contributed by atoms with van der Waals surface area (Å²) in [5.74, 6) is -1.42. The predicted octanol–water partition coefficient (Wildman–Crippen LogP) is 21.1. The van der Waals surface area contributed by atoms with Gasteiger partial charge in [-0.25, -0.2) is 0 Å². The van der Waals surface area contributed by atoms with Gasteiger partial charge >= 0.3 is 11.9 Å². The number of cyclic esters (lactones) is 2. The van der Waals surface area contributed by atoms with Gasteiger partial charge in [-0.05, 0) is 32.1 Å². The maximum atomic E-state index is 12.5. The Hall–Kier alpha value is -1.40. The molecule has 1 heterocycles. The number of rotatable bonds is 58. The van der Waals surface area contributed by atoms with Gasteiger partial charge in [-0.2, -0.15) is 0 Å². The lowest BCUT2D eigenvalue weighted by atomic mass is 9.92. The molecule has 6 heteroatoms. The summed E-state index contributed by atoms with van der Waals surface area (Å²) in [5, 5.41) is 19.2. The van der Waals surface area contributed by atoms with Crippen LogP contribution in [0.3, 0.4) is 0 Å². The second-order valence-electron chi connectivity index (χ2n) is 23.9. The van der Waals surface area contributed by atoms with E-state index < -0.39 is 36.5 Å². The lowest BCUT2D eigenvalue weighted by molar-refractivity contribution is -0.155. The molecule has 432 valence electrons. The summed E-state index contributed by atoms with van der Waals surface area (Å²) in [7, 11) is 0. The van der Waals surface area contributed by atoms with Crippen molar-refractivity contribution in [3.8, 4) is 0 Å². The summed E-state index contributed by atoms with van der Waals surface area (Å²) in [6, 6.07) is 0. The molecule has 0 bridgehead atoms. The second kappa shape index (κ2) is 56.8. The van der Waals surface area contributed by atoms with Crippen LogP contribution in [0.1, 0.15) is 366 Å². The molecule has 0 aromatic carbocycles. The van der Waals surface area contributed by atoms with Gasteiger partial charge in [0.25, 0.3) is 0 Å². The summed E-state index contributed by atoms with van der Waals surface area (Å²) < 4.78 is 10.6. The monoisotopic (exact) mass is 1030 g/mol. The lowest BCUT2D eigenvalue weighted by Gasteiger charge is -2.27.